The second-order valence-electron chi connectivity index (χ2n) is 6.16. The first-order valence-electron chi connectivity index (χ1n) is 8.31. The Balaban J connectivity index is 1.69. The summed E-state index contributed by atoms with van der Waals surface area (Å²) >= 11 is 0. The highest BCUT2D eigenvalue weighted by Gasteiger charge is 2.25. The molecule has 26 heavy (non-hydrogen) atoms. The number of anilines is 1. The molecule has 6 heteroatoms. The van der Waals surface area contributed by atoms with Crippen LogP contribution >= 0.6 is 0 Å². The summed E-state index contributed by atoms with van der Waals surface area (Å²) in [5, 5.41) is 22.2. The number of aromatic amines is 1. The van der Waals surface area contributed by atoms with Crippen LogP contribution in [0.2, 0.25) is 0 Å². The minimum absolute atomic E-state index is 0.0157. The Morgan fingerprint density at radius 3 is 2.88 bits per heavy atom. The molecule has 0 bridgehead atoms. The van der Waals surface area contributed by atoms with Crippen LogP contribution < -0.4 is 10.1 Å². The number of nitrogens with one attached hydrogen (secondary N) is 2. The molecule has 1 aliphatic rings. The van der Waals surface area contributed by atoms with Crippen molar-refractivity contribution in [2.24, 2.45) is 0 Å². The van der Waals surface area contributed by atoms with Crippen molar-refractivity contribution >= 4 is 34.1 Å². The third-order valence-electron chi connectivity index (χ3n) is 4.35. The summed E-state index contributed by atoms with van der Waals surface area (Å²) in [6, 6.07) is 13.1. The molecule has 1 amide bonds. The minimum Gasteiger partial charge on any atom is -0.491 e. The molecule has 1 aromatic heterocycles. The predicted molar refractivity (Wildman–Crippen MR) is 99.8 cm³/mol. The van der Waals surface area contributed by atoms with Gasteiger partial charge in [0.15, 0.2) is 0 Å². The average molecular weight is 350 g/mol. The van der Waals surface area contributed by atoms with Gasteiger partial charge in [0.05, 0.1) is 6.61 Å². The van der Waals surface area contributed by atoms with Crippen molar-refractivity contribution in [3.05, 3.63) is 59.8 Å². The van der Waals surface area contributed by atoms with Crippen molar-refractivity contribution in [1.82, 2.24) is 4.98 Å². The first kappa shape index (κ1) is 16.4. The lowest BCUT2D eigenvalue weighted by atomic mass is 10.0. The summed E-state index contributed by atoms with van der Waals surface area (Å²) in [5.41, 5.74) is 3.96. The maximum atomic E-state index is 12.4. The lowest BCUT2D eigenvalue weighted by Gasteiger charge is -2.10. The van der Waals surface area contributed by atoms with E-state index < -0.39 is 6.10 Å². The summed E-state index contributed by atoms with van der Waals surface area (Å²) in [6.45, 7) is -0.380. The van der Waals surface area contributed by atoms with E-state index in [1.54, 1.807) is 18.2 Å². The summed E-state index contributed by atoms with van der Waals surface area (Å²) in [7, 11) is 0. The third-order valence-corrected chi connectivity index (χ3v) is 4.35. The molecule has 0 radical (unpaired) electrons. The normalized spacial score (nSPS) is 15.9. The van der Waals surface area contributed by atoms with Crippen molar-refractivity contribution in [3.63, 3.8) is 0 Å². The molecule has 0 fully saturated rings. The Hall–Kier alpha value is -3.09. The monoisotopic (exact) mass is 350 g/mol. The number of hydrogen-bond acceptors (Lipinski definition) is 4. The molecule has 0 saturated carbocycles. The van der Waals surface area contributed by atoms with Crippen LogP contribution in [0.5, 0.6) is 5.75 Å². The number of hydrogen-bond donors (Lipinski definition) is 4. The van der Waals surface area contributed by atoms with Gasteiger partial charge >= 0.3 is 0 Å². The molecule has 4 rings (SSSR count). The lowest BCUT2D eigenvalue weighted by Crippen LogP contribution is -2.21. The molecule has 1 atom stereocenters. The molecule has 1 aliphatic heterocycles. The van der Waals surface area contributed by atoms with Gasteiger partial charge in [-0.25, -0.2) is 0 Å². The second kappa shape index (κ2) is 6.67. The van der Waals surface area contributed by atoms with Crippen LogP contribution in [0.25, 0.3) is 22.6 Å². The van der Waals surface area contributed by atoms with Crippen LogP contribution in [-0.2, 0) is 4.79 Å². The van der Waals surface area contributed by atoms with Gasteiger partial charge in [0.2, 0.25) is 0 Å². The Morgan fingerprint density at radius 1 is 1.19 bits per heavy atom. The van der Waals surface area contributed by atoms with E-state index in [4.69, 9.17) is 9.84 Å². The zero-order valence-electron chi connectivity index (χ0n) is 13.9. The van der Waals surface area contributed by atoms with E-state index in [1.807, 2.05) is 36.5 Å². The minimum atomic E-state index is -0.941. The zero-order valence-corrected chi connectivity index (χ0v) is 13.9. The molecular weight excluding hydrogens is 332 g/mol. The number of amides is 1. The highest BCUT2D eigenvalue weighted by atomic mass is 16.5. The average Bonchev–Trinajstić information content (AvgIpc) is 3.21. The molecule has 0 saturated heterocycles. The van der Waals surface area contributed by atoms with Crippen molar-refractivity contribution in [3.8, 4) is 5.75 Å². The molecule has 0 spiro atoms. The zero-order chi connectivity index (χ0) is 18.1. The van der Waals surface area contributed by atoms with E-state index in [0.29, 0.717) is 11.3 Å². The summed E-state index contributed by atoms with van der Waals surface area (Å²) in [4.78, 5) is 15.6. The summed E-state index contributed by atoms with van der Waals surface area (Å²) in [5.74, 6) is 0.357. The Bertz CT molecular complexity index is 1010. The summed E-state index contributed by atoms with van der Waals surface area (Å²) in [6.07, 6.45) is 2.79. The van der Waals surface area contributed by atoms with Gasteiger partial charge < -0.3 is 25.3 Å². The molecule has 3 aromatic rings. The molecule has 0 aliphatic carbocycles. The maximum Gasteiger partial charge on any atom is 0.256 e. The predicted octanol–water partition coefficient (Wildman–Crippen LogP) is 2.39. The van der Waals surface area contributed by atoms with Gasteiger partial charge in [-0.05, 0) is 30.3 Å². The smallest absolute Gasteiger partial charge is 0.256 e. The molecular formula is C20H18N2O4. The number of benzene rings is 2. The molecule has 1 unspecified atom stereocenters. The number of aliphatic hydroxyl groups is 2. The Morgan fingerprint density at radius 2 is 2.04 bits per heavy atom. The van der Waals surface area contributed by atoms with Crippen molar-refractivity contribution in [2.75, 3.05) is 18.5 Å². The van der Waals surface area contributed by atoms with Crippen LogP contribution in [0.1, 0.15) is 11.1 Å². The van der Waals surface area contributed by atoms with E-state index in [9.17, 15) is 9.90 Å². The first-order valence-corrected chi connectivity index (χ1v) is 8.31. The number of carbonyl (C=O) groups excluding carboxylic acids is 1. The van der Waals surface area contributed by atoms with Crippen LogP contribution in [-0.4, -0.2) is 40.4 Å². The number of aromatic nitrogens is 1. The highest BCUT2D eigenvalue weighted by molar-refractivity contribution is 6.35. The van der Waals surface area contributed by atoms with Gasteiger partial charge in [0, 0.05) is 39.5 Å². The molecule has 4 N–H and O–H groups in total. The number of carbonyl (C=O) groups is 1. The number of H-pyrrole nitrogens is 1. The topological polar surface area (TPSA) is 94.6 Å². The van der Waals surface area contributed by atoms with Crippen LogP contribution in [0.15, 0.2) is 48.7 Å². The van der Waals surface area contributed by atoms with Gasteiger partial charge in [0.25, 0.3) is 5.91 Å². The summed E-state index contributed by atoms with van der Waals surface area (Å²) < 4.78 is 5.49. The van der Waals surface area contributed by atoms with Crippen molar-refractivity contribution in [1.29, 1.82) is 0 Å². The van der Waals surface area contributed by atoms with Gasteiger partial charge in [0.1, 0.15) is 18.5 Å². The molecule has 132 valence electrons. The Labute approximate surface area is 149 Å². The van der Waals surface area contributed by atoms with E-state index >= 15 is 0 Å². The largest absolute Gasteiger partial charge is 0.491 e. The number of para-hydroxylation sites is 1. The van der Waals surface area contributed by atoms with Crippen LogP contribution in [0, 0.1) is 0 Å². The number of fused-ring (bicyclic) bond motifs is 2. The fraction of sp³-hybridized carbons (Fsp3) is 0.150. The van der Waals surface area contributed by atoms with Gasteiger partial charge in [-0.3, -0.25) is 4.79 Å². The number of ether oxygens (including phenoxy) is 1. The fourth-order valence-electron chi connectivity index (χ4n) is 3.01. The molecule has 6 nitrogen and oxygen atoms in total. The number of rotatable bonds is 5. The van der Waals surface area contributed by atoms with Crippen molar-refractivity contribution < 1.29 is 19.7 Å². The van der Waals surface area contributed by atoms with Gasteiger partial charge in [-0.2, -0.15) is 0 Å². The Kier molecular flexibility index (Phi) is 4.20. The maximum absolute atomic E-state index is 12.4. The number of aliphatic hydroxyl groups excluding tert-OH is 2. The first-order chi connectivity index (χ1) is 12.7. The van der Waals surface area contributed by atoms with Gasteiger partial charge in [-0.1, -0.05) is 18.2 Å². The van der Waals surface area contributed by atoms with Crippen molar-refractivity contribution in [2.45, 2.75) is 6.10 Å². The van der Waals surface area contributed by atoms with E-state index in [0.717, 1.165) is 27.7 Å². The highest BCUT2D eigenvalue weighted by Crippen LogP contribution is 2.36. The fourth-order valence-corrected chi connectivity index (χ4v) is 3.01. The third kappa shape index (κ3) is 2.96. The van der Waals surface area contributed by atoms with Crippen LogP contribution in [0.3, 0.4) is 0 Å². The molecule has 2 aromatic carbocycles. The van der Waals surface area contributed by atoms with E-state index in [2.05, 4.69) is 10.3 Å². The lowest BCUT2D eigenvalue weighted by molar-refractivity contribution is -0.110. The van der Waals surface area contributed by atoms with Crippen LogP contribution in [0.4, 0.5) is 5.69 Å². The van der Waals surface area contributed by atoms with E-state index in [-0.39, 0.29) is 19.1 Å². The standard InChI is InChI=1S/C20H18N2O4/c23-10-13(24)11-26-14-5-6-19-16(8-14)17(20(25)22-19)7-12-9-21-18-4-2-1-3-15(12)18/h1-9,13,21,23-24H,10-11H2,(H,22,25)/b17-7+. The molecule has 2 heterocycles. The quantitative estimate of drug-likeness (QED) is 0.532. The van der Waals surface area contributed by atoms with Gasteiger partial charge in [-0.15, -0.1) is 0 Å². The van der Waals surface area contributed by atoms with E-state index in [1.165, 1.54) is 0 Å². The second-order valence-corrected chi connectivity index (χ2v) is 6.16. The SMILES string of the molecule is O=C1Nc2ccc(OCC(O)CO)cc2/C1=C\c1c[nH]c2ccccc12.